The van der Waals surface area contributed by atoms with Crippen LogP contribution in [0.2, 0.25) is 0 Å². The van der Waals surface area contributed by atoms with Gasteiger partial charge in [0.25, 0.3) is 0 Å². The molecule has 0 fully saturated rings. The molecular weight excluding hydrogens is 804 g/mol. The summed E-state index contributed by atoms with van der Waals surface area (Å²) in [5.74, 6) is 0. The fraction of sp³-hybridized carbons (Fsp3) is 0.311. The zero-order valence-electron chi connectivity index (χ0n) is 39.7. The molecule has 4 heteroatoms. The number of allylic oxidation sites excluding steroid dienone is 1. The van der Waals surface area contributed by atoms with E-state index in [0.717, 1.165) is 0 Å². The summed E-state index contributed by atoms with van der Waals surface area (Å²) in [4.78, 5) is 2.83. The molecule has 0 saturated carbocycles. The number of rotatable bonds is 1. The summed E-state index contributed by atoms with van der Waals surface area (Å²) in [5.41, 5.74) is 21.6. The van der Waals surface area contributed by atoms with Crippen LogP contribution in [0.1, 0.15) is 128 Å². The number of para-hydroxylation sites is 1. The van der Waals surface area contributed by atoms with Crippen LogP contribution in [-0.4, -0.2) is 11.3 Å². The number of nitrogens with zero attached hydrogens (tertiary/aromatic N) is 2. The normalized spacial score (nSPS) is 20.1. The highest BCUT2D eigenvalue weighted by Crippen LogP contribution is 2.61. The Morgan fingerprint density at radius 1 is 0.508 bits per heavy atom. The van der Waals surface area contributed by atoms with E-state index in [9.17, 15) is 0 Å². The highest BCUT2D eigenvalue weighted by atomic mass is 32.1. The van der Waals surface area contributed by atoms with Gasteiger partial charge < -0.3 is 9.38 Å². The fourth-order valence-corrected chi connectivity index (χ4v) is 15.3. The molecule has 0 atom stereocenters. The molecule has 0 saturated heterocycles. The van der Waals surface area contributed by atoms with E-state index in [2.05, 4.69) is 194 Å². The molecule has 4 heterocycles. The highest BCUT2D eigenvalue weighted by Gasteiger charge is 2.55. The van der Waals surface area contributed by atoms with Crippen molar-refractivity contribution in [3.05, 3.63) is 154 Å². The maximum absolute atomic E-state index is 2.83. The molecule has 0 spiro atoms. The van der Waals surface area contributed by atoms with Crippen molar-refractivity contribution in [1.82, 2.24) is 4.48 Å². The van der Waals surface area contributed by atoms with E-state index < -0.39 is 0 Å². The van der Waals surface area contributed by atoms with Crippen LogP contribution >= 0.6 is 11.3 Å². The van der Waals surface area contributed by atoms with Crippen LogP contribution in [0, 0.1) is 0 Å². The zero-order chi connectivity index (χ0) is 44.5. The van der Waals surface area contributed by atoms with Crippen molar-refractivity contribution in [2.75, 3.05) is 4.90 Å². The quantitative estimate of drug-likeness (QED) is 0.149. The lowest BCUT2D eigenvalue weighted by Crippen LogP contribution is -2.52. The SMILES string of the molecule is CC1(C)CCC(C)(C)c2cc(N3C4=C(B5c6c(cc7c(sc8ccccc87)c63)-c3cccc6c7c8ccccc8ccc7n5c36)C(C)(C)c3cc5c(cc34)C(C)(C)CCC5(C)C)ccc21. The molecule has 7 aromatic carbocycles. The molecule has 65 heavy (non-hydrogen) atoms. The molecule has 5 aliphatic rings. The van der Waals surface area contributed by atoms with Gasteiger partial charge in [0.1, 0.15) is 0 Å². The average Bonchev–Trinajstić information content (AvgIpc) is 3.91. The summed E-state index contributed by atoms with van der Waals surface area (Å²) in [7, 11) is 0. The van der Waals surface area contributed by atoms with Crippen molar-refractivity contribution in [3.63, 3.8) is 0 Å². The Kier molecular flexibility index (Phi) is 7.17. The predicted molar refractivity (Wildman–Crippen MR) is 282 cm³/mol. The number of aromatic nitrogens is 1. The van der Waals surface area contributed by atoms with E-state index >= 15 is 0 Å². The van der Waals surface area contributed by atoms with Gasteiger partial charge in [-0.15, -0.1) is 11.3 Å². The topological polar surface area (TPSA) is 8.17 Å². The van der Waals surface area contributed by atoms with Crippen LogP contribution < -0.4 is 10.4 Å². The van der Waals surface area contributed by atoms with Crippen molar-refractivity contribution in [2.24, 2.45) is 0 Å². The van der Waals surface area contributed by atoms with Crippen molar-refractivity contribution in [1.29, 1.82) is 0 Å². The third-order valence-electron chi connectivity index (χ3n) is 17.9. The van der Waals surface area contributed by atoms with Gasteiger partial charge in [-0.1, -0.05) is 148 Å². The van der Waals surface area contributed by atoms with Gasteiger partial charge in [0.15, 0.2) is 0 Å². The maximum atomic E-state index is 2.83. The number of thiophene rings is 1. The van der Waals surface area contributed by atoms with Gasteiger partial charge in [0.05, 0.1) is 10.4 Å². The lowest BCUT2D eigenvalue weighted by Gasteiger charge is -2.45. The summed E-state index contributed by atoms with van der Waals surface area (Å²) in [6, 6.07) is 45.9. The van der Waals surface area contributed by atoms with Crippen LogP contribution in [0.5, 0.6) is 0 Å². The van der Waals surface area contributed by atoms with Gasteiger partial charge in [-0.3, -0.25) is 0 Å². The molecule has 2 nitrogen and oxygen atoms in total. The highest BCUT2D eigenvalue weighted by molar-refractivity contribution is 7.26. The molecule has 2 aliphatic heterocycles. The largest absolute Gasteiger partial charge is 0.376 e. The standard InChI is InChI=1S/C61H57BN2S/c1-57(2)26-27-58(3,4)45-30-35(23-24-43(45)57)63-53-42-32-46-47(60(7,8)29-28-59(46,5)6)33-44(42)61(9,10)56(53)62-51-40(31-41-37-18-13-14-21-49(37)65-55(41)54(51)63)38-19-15-20-39-50-36-17-12-11-16-34(36)22-25-48(50)64(62)52(38)39/h11-25,30-33H,26-29H2,1-10H3. The van der Waals surface area contributed by atoms with Crippen LogP contribution in [0.4, 0.5) is 11.4 Å². The molecule has 0 bridgehead atoms. The predicted octanol–water partition coefficient (Wildman–Crippen LogP) is 16.1. The lowest BCUT2D eigenvalue weighted by atomic mass is 9.40. The Morgan fingerprint density at radius 2 is 1.15 bits per heavy atom. The fourth-order valence-electron chi connectivity index (χ4n) is 14.0. The molecule has 0 amide bonds. The van der Waals surface area contributed by atoms with E-state index in [1.165, 1.54) is 145 Å². The molecule has 0 radical (unpaired) electrons. The lowest BCUT2D eigenvalue weighted by molar-refractivity contribution is 0.331. The molecule has 3 aliphatic carbocycles. The van der Waals surface area contributed by atoms with Crippen molar-refractivity contribution in [2.45, 2.75) is 122 Å². The number of fused-ring (bicyclic) bond motifs is 16. The third kappa shape index (κ3) is 4.72. The first-order chi connectivity index (χ1) is 31.0. The molecule has 14 rings (SSSR count). The van der Waals surface area contributed by atoms with E-state index in [0.29, 0.717) is 0 Å². The first-order valence-electron chi connectivity index (χ1n) is 24.3. The second-order valence-corrected chi connectivity index (χ2v) is 24.8. The number of benzene rings is 7. The number of hydrogen-bond acceptors (Lipinski definition) is 2. The van der Waals surface area contributed by atoms with Crippen molar-refractivity contribution < 1.29 is 0 Å². The van der Waals surface area contributed by atoms with Crippen LogP contribution in [0.15, 0.2) is 121 Å². The summed E-state index contributed by atoms with van der Waals surface area (Å²) in [5, 5.41) is 8.08. The zero-order valence-corrected chi connectivity index (χ0v) is 40.5. The van der Waals surface area contributed by atoms with Crippen LogP contribution in [0.25, 0.3) is 69.6 Å². The summed E-state index contributed by atoms with van der Waals surface area (Å²) in [6.07, 6.45) is 4.78. The van der Waals surface area contributed by atoms with Gasteiger partial charge in [0, 0.05) is 65.2 Å². The Bertz CT molecular complexity index is 3710. The minimum Gasteiger partial charge on any atom is -0.376 e. The first-order valence-corrected chi connectivity index (χ1v) is 25.1. The maximum Gasteiger partial charge on any atom is 0.329 e. The van der Waals surface area contributed by atoms with Crippen molar-refractivity contribution >= 4 is 93.5 Å². The van der Waals surface area contributed by atoms with Gasteiger partial charge in [-0.2, -0.15) is 0 Å². The Labute approximate surface area is 388 Å². The van der Waals surface area contributed by atoms with Crippen LogP contribution in [0.3, 0.4) is 0 Å². The van der Waals surface area contributed by atoms with Crippen molar-refractivity contribution in [3.8, 4) is 11.1 Å². The number of anilines is 2. The van der Waals surface area contributed by atoms with Gasteiger partial charge >= 0.3 is 6.85 Å². The average molecular weight is 861 g/mol. The molecule has 9 aromatic rings. The summed E-state index contributed by atoms with van der Waals surface area (Å²) < 4.78 is 5.57. The molecule has 2 aromatic heterocycles. The Morgan fingerprint density at radius 3 is 1.91 bits per heavy atom. The van der Waals surface area contributed by atoms with Gasteiger partial charge in [-0.25, -0.2) is 0 Å². The third-order valence-corrected chi connectivity index (χ3v) is 19.1. The second-order valence-electron chi connectivity index (χ2n) is 23.7. The Hall–Kier alpha value is -5.58. The number of hydrogen-bond donors (Lipinski definition) is 0. The molecular formula is C61H57BN2S. The van der Waals surface area contributed by atoms with Gasteiger partial charge in [0.2, 0.25) is 0 Å². The second kappa shape index (κ2) is 12.1. The van der Waals surface area contributed by atoms with E-state index in [1.54, 1.807) is 5.56 Å². The molecule has 0 unspecified atom stereocenters. The molecule has 320 valence electrons. The summed E-state index contributed by atoms with van der Waals surface area (Å²) in [6.45, 7) is 25.0. The minimum absolute atomic E-state index is 0.00891. The molecule has 0 N–H and O–H groups in total. The van der Waals surface area contributed by atoms with E-state index in [-0.39, 0.29) is 33.9 Å². The van der Waals surface area contributed by atoms with Crippen LogP contribution in [-0.2, 0) is 27.1 Å². The smallest absolute Gasteiger partial charge is 0.329 e. The Balaban J connectivity index is 1.20. The van der Waals surface area contributed by atoms with E-state index in [1.807, 2.05) is 11.3 Å². The monoisotopic (exact) mass is 860 g/mol. The summed E-state index contributed by atoms with van der Waals surface area (Å²) >= 11 is 1.99. The van der Waals surface area contributed by atoms with E-state index in [4.69, 9.17) is 0 Å². The van der Waals surface area contributed by atoms with Gasteiger partial charge in [-0.05, 0) is 139 Å². The minimum atomic E-state index is -0.272. The first kappa shape index (κ1) is 38.7.